The molecule has 1 aromatic rings. The molecule has 3 nitrogen and oxygen atoms in total. The van der Waals surface area contributed by atoms with Crippen molar-refractivity contribution in [3.05, 3.63) is 29.8 Å². The van der Waals surface area contributed by atoms with E-state index in [0.29, 0.717) is 18.9 Å². The van der Waals surface area contributed by atoms with Gasteiger partial charge in [-0.25, -0.2) is 0 Å². The molecule has 2 rings (SSSR count). The van der Waals surface area contributed by atoms with E-state index in [1.54, 1.807) is 7.11 Å². The van der Waals surface area contributed by atoms with Gasteiger partial charge < -0.3 is 9.64 Å². The highest BCUT2D eigenvalue weighted by molar-refractivity contribution is 6.18. The second-order valence-electron chi connectivity index (χ2n) is 4.33. The maximum Gasteiger partial charge on any atom is 0.227 e. The summed E-state index contributed by atoms with van der Waals surface area (Å²) in [6, 6.07) is 7.89. The molecule has 1 heterocycles. The molecule has 1 aromatic carbocycles. The molecule has 1 aliphatic heterocycles. The van der Waals surface area contributed by atoms with Gasteiger partial charge in [0.1, 0.15) is 0 Å². The van der Waals surface area contributed by atoms with Crippen LogP contribution in [0, 0.1) is 5.92 Å². The van der Waals surface area contributed by atoms with E-state index in [2.05, 4.69) is 0 Å². The van der Waals surface area contributed by atoms with Crippen LogP contribution in [0.3, 0.4) is 0 Å². The SMILES string of the molecule is COCc1cccc(N2CC(CCl)CC2=O)c1. The van der Waals surface area contributed by atoms with Crippen LogP contribution in [-0.2, 0) is 16.1 Å². The lowest BCUT2D eigenvalue weighted by Crippen LogP contribution is -2.24. The molecule has 0 spiro atoms. The fraction of sp³-hybridized carbons (Fsp3) is 0.462. The summed E-state index contributed by atoms with van der Waals surface area (Å²) in [5.74, 6) is 0.973. The summed E-state index contributed by atoms with van der Waals surface area (Å²) in [5, 5.41) is 0. The van der Waals surface area contributed by atoms with Crippen LogP contribution in [-0.4, -0.2) is 25.4 Å². The van der Waals surface area contributed by atoms with E-state index < -0.39 is 0 Å². The highest BCUT2D eigenvalue weighted by atomic mass is 35.5. The van der Waals surface area contributed by atoms with E-state index in [0.717, 1.165) is 17.8 Å². The Morgan fingerprint density at radius 3 is 3.00 bits per heavy atom. The largest absolute Gasteiger partial charge is 0.380 e. The van der Waals surface area contributed by atoms with Crippen molar-refractivity contribution in [3.63, 3.8) is 0 Å². The van der Waals surface area contributed by atoms with Gasteiger partial charge in [0.05, 0.1) is 6.61 Å². The van der Waals surface area contributed by atoms with Crippen molar-refractivity contribution in [2.45, 2.75) is 13.0 Å². The van der Waals surface area contributed by atoms with Crippen LogP contribution in [0.1, 0.15) is 12.0 Å². The average molecular weight is 254 g/mol. The minimum absolute atomic E-state index is 0.158. The molecule has 4 heteroatoms. The van der Waals surface area contributed by atoms with Gasteiger partial charge in [0, 0.05) is 31.6 Å². The van der Waals surface area contributed by atoms with E-state index >= 15 is 0 Å². The number of carbonyl (C=O) groups is 1. The predicted molar refractivity (Wildman–Crippen MR) is 68.3 cm³/mol. The lowest BCUT2D eigenvalue weighted by Gasteiger charge is -2.17. The number of ether oxygens (including phenoxy) is 1. The number of hydrogen-bond donors (Lipinski definition) is 0. The summed E-state index contributed by atoms with van der Waals surface area (Å²) in [5.41, 5.74) is 2.02. The van der Waals surface area contributed by atoms with Gasteiger partial charge in [-0.3, -0.25) is 4.79 Å². The van der Waals surface area contributed by atoms with Gasteiger partial charge in [0.15, 0.2) is 0 Å². The molecule has 0 saturated carbocycles. The van der Waals surface area contributed by atoms with Crippen molar-refractivity contribution in [2.24, 2.45) is 5.92 Å². The first kappa shape index (κ1) is 12.4. The molecule has 1 saturated heterocycles. The second-order valence-corrected chi connectivity index (χ2v) is 4.64. The number of alkyl halides is 1. The maximum atomic E-state index is 11.8. The smallest absolute Gasteiger partial charge is 0.227 e. The summed E-state index contributed by atoms with van der Waals surface area (Å²) < 4.78 is 5.09. The van der Waals surface area contributed by atoms with Gasteiger partial charge in [-0.2, -0.15) is 0 Å². The Balaban J connectivity index is 2.16. The van der Waals surface area contributed by atoms with Crippen molar-refractivity contribution in [1.82, 2.24) is 0 Å². The van der Waals surface area contributed by atoms with E-state index in [1.807, 2.05) is 29.2 Å². The van der Waals surface area contributed by atoms with E-state index in [4.69, 9.17) is 16.3 Å². The number of halogens is 1. The Morgan fingerprint density at radius 1 is 1.53 bits per heavy atom. The van der Waals surface area contributed by atoms with Crippen molar-refractivity contribution in [1.29, 1.82) is 0 Å². The van der Waals surface area contributed by atoms with Crippen LogP contribution in [0.2, 0.25) is 0 Å². The molecule has 17 heavy (non-hydrogen) atoms. The molecule has 0 aliphatic carbocycles. The molecule has 1 aliphatic rings. The molecule has 1 fully saturated rings. The number of anilines is 1. The summed E-state index contributed by atoms with van der Waals surface area (Å²) in [7, 11) is 1.66. The third-order valence-electron chi connectivity index (χ3n) is 2.96. The molecule has 92 valence electrons. The third kappa shape index (κ3) is 2.79. The molecule has 0 radical (unpaired) electrons. The average Bonchev–Trinajstić information content (AvgIpc) is 2.71. The normalized spacial score (nSPS) is 20.0. The van der Waals surface area contributed by atoms with Crippen LogP contribution in [0.25, 0.3) is 0 Å². The van der Waals surface area contributed by atoms with Gasteiger partial charge in [-0.15, -0.1) is 11.6 Å². The van der Waals surface area contributed by atoms with E-state index in [-0.39, 0.29) is 11.8 Å². The van der Waals surface area contributed by atoms with Gasteiger partial charge in [-0.05, 0) is 23.6 Å². The van der Waals surface area contributed by atoms with E-state index in [1.165, 1.54) is 0 Å². The fourth-order valence-electron chi connectivity index (χ4n) is 2.12. The van der Waals surface area contributed by atoms with E-state index in [9.17, 15) is 4.79 Å². The third-order valence-corrected chi connectivity index (χ3v) is 3.39. The molecule has 1 unspecified atom stereocenters. The van der Waals surface area contributed by atoms with Crippen LogP contribution in [0.5, 0.6) is 0 Å². The van der Waals surface area contributed by atoms with Crippen LogP contribution < -0.4 is 4.90 Å². The quantitative estimate of drug-likeness (QED) is 0.772. The van der Waals surface area contributed by atoms with Gasteiger partial charge in [0.25, 0.3) is 0 Å². The Hall–Kier alpha value is -1.06. The number of amides is 1. The van der Waals surface area contributed by atoms with Crippen LogP contribution >= 0.6 is 11.6 Å². The molecular weight excluding hydrogens is 238 g/mol. The van der Waals surface area contributed by atoms with Gasteiger partial charge in [0.2, 0.25) is 5.91 Å². The number of nitrogens with zero attached hydrogens (tertiary/aromatic N) is 1. The predicted octanol–water partition coefficient (Wildman–Crippen LogP) is 2.42. The van der Waals surface area contributed by atoms with Crippen LogP contribution in [0.15, 0.2) is 24.3 Å². The topological polar surface area (TPSA) is 29.5 Å². The Morgan fingerprint density at radius 2 is 2.35 bits per heavy atom. The first-order valence-electron chi connectivity index (χ1n) is 5.68. The van der Waals surface area contributed by atoms with Crippen molar-refractivity contribution < 1.29 is 9.53 Å². The number of carbonyl (C=O) groups excluding carboxylic acids is 1. The Labute approximate surface area is 106 Å². The number of benzene rings is 1. The zero-order valence-corrected chi connectivity index (χ0v) is 10.6. The minimum atomic E-state index is 0.158. The molecule has 1 amide bonds. The molecule has 0 bridgehead atoms. The molecule has 0 aromatic heterocycles. The summed E-state index contributed by atoms with van der Waals surface area (Å²) in [6.07, 6.45) is 0.554. The fourth-order valence-corrected chi connectivity index (χ4v) is 2.32. The minimum Gasteiger partial charge on any atom is -0.380 e. The Kier molecular flexibility index (Phi) is 4.02. The zero-order valence-electron chi connectivity index (χ0n) is 9.86. The Bertz CT molecular complexity index is 408. The molecule has 1 atom stereocenters. The molecular formula is C13H16ClNO2. The van der Waals surface area contributed by atoms with Crippen molar-refractivity contribution >= 4 is 23.2 Å². The number of rotatable bonds is 4. The summed E-state index contributed by atoms with van der Waals surface area (Å²) in [6.45, 7) is 1.29. The summed E-state index contributed by atoms with van der Waals surface area (Å²) in [4.78, 5) is 13.7. The standard InChI is InChI=1S/C13H16ClNO2/c1-17-9-10-3-2-4-12(5-10)15-8-11(7-14)6-13(15)16/h2-5,11H,6-9H2,1H3. The first-order chi connectivity index (χ1) is 8.24. The first-order valence-corrected chi connectivity index (χ1v) is 6.22. The lowest BCUT2D eigenvalue weighted by molar-refractivity contribution is -0.117. The highest BCUT2D eigenvalue weighted by Gasteiger charge is 2.29. The molecule has 0 N–H and O–H groups in total. The van der Waals surface area contributed by atoms with Gasteiger partial charge >= 0.3 is 0 Å². The number of methoxy groups -OCH3 is 1. The maximum absolute atomic E-state index is 11.8. The number of hydrogen-bond acceptors (Lipinski definition) is 2. The highest BCUT2D eigenvalue weighted by Crippen LogP contribution is 2.26. The van der Waals surface area contributed by atoms with Crippen molar-refractivity contribution in [2.75, 3.05) is 24.4 Å². The second kappa shape index (κ2) is 5.52. The zero-order chi connectivity index (χ0) is 12.3. The van der Waals surface area contributed by atoms with Gasteiger partial charge in [-0.1, -0.05) is 12.1 Å². The van der Waals surface area contributed by atoms with Crippen molar-refractivity contribution in [3.8, 4) is 0 Å². The summed E-state index contributed by atoms with van der Waals surface area (Å²) >= 11 is 5.81. The monoisotopic (exact) mass is 253 g/mol. The van der Waals surface area contributed by atoms with Crippen LogP contribution in [0.4, 0.5) is 5.69 Å². The lowest BCUT2D eigenvalue weighted by atomic mass is 10.1.